The van der Waals surface area contributed by atoms with Gasteiger partial charge in [0.25, 0.3) is 0 Å². The first kappa shape index (κ1) is 11.3. The Labute approximate surface area is 97.6 Å². The number of hydrogen-bond acceptors (Lipinski definition) is 3. The summed E-state index contributed by atoms with van der Waals surface area (Å²) in [6, 6.07) is 6.28. The zero-order valence-electron chi connectivity index (χ0n) is 10.00. The highest BCUT2D eigenvalue weighted by Gasteiger charge is 2.10. The van der Waals surface area contributed by atoms with Crippen molar-refractivity contribution >= 4 is 11.4 Å². The Hall–Kier alpha value is -1.22. The van der Waals surface area contributed by atoms with Gasteiger partial charge in [-0.05, 0) is 43.6 Å². The summed E-state index contributed by atoms with van der Waals surface area (Å²) >= 11 is 0. The van der Waals surface area contributed by atoms with Gasteiger partial charge >= 0.3 is 0 Å². The van der Waals surface area contributed by atoms with Gasteiger partial charge in [-0.1, -0.05) is 12.5 Å². The average molecular weight is 219 g/mol. The molecule has 1 aromatic carbocycles. The summed E-state index contributed by atoms with van der Waals surface area (Å²) in [5.74, 6) is 0. The van der Waals surface area contributed by atoms with Gasteiger partial charge in [-0.25, -0.2) is 0 Å². The first-order chi connectivity index (χ1) is 7.79. The van der Waals surface area contributed by atoms with Crippen molar-refractivity contribution in [2.24, 2.45) is 0 Å². The Bertz CT molecular complexity index is 343. The number of nitrogens with two attached hydrogens (primary N) is 1. The van der Waals surface area contributed by atoms with Gasteiger partial charge in [-0.3, -0.25) is 4.90 Å². The Balaban J connectivity index is 2.03. The highest BCUT2D eigenvalue weighted by molar-refractivity contribution is 5.66. The van der Waals surface area contributed by atoms with E-state index in [2.05, 4.69) is 22.3 Å². The lowest BCUT2D eigenvalue weighted by atomic mass is 10.1. The van der Waals surface area contributed by atoms with E-state index in [1.807, 2.05) is 13.1 Å². The van der Waals surface area contributed by atoms with Crippen LogP contribution in [0.2, 0.25) is 0 Å². The zero-order chi connectivity index (χ0) is 11.4. The van der Waals surface area contributed by atoms with E-state index in [0.29, 0.717) is 0 Å². The van der Waals surface area contributed by atoms with Crippen LogP contribution in [0.15, 0.2) is 18.2 Å². The van der Waals surface area contributed by atoms with E-state index in [1.165, 1.54) is 37.9 Å². The highest BCUT2D eigenvalue weighted by Crippen LogP contribution is 2.21. The number of piperidine rings is 1. The SMILES string of the molecule is CNc1cc(CN2CCCCC2)ccc1N. The summed E-state index contributed by atoms with van der Waals surface area (Å²) in [6.07, 6.45) is 4.07. The molecule has 1 fully saturated rings. The zero-order valence-corrected chi connectivity index (χ0v) is 10.00. The molecule has 1 aliphatic rings. The topological polar surface area (TPSA) is 41.3 Å². The molecule has 1 aromatic rings. The van der Waals surface area contributed by atoms with Crippen LogP contribution in [0.4, 0.5) is 11.4 Å². The number of nitrogens with one attached hydrogen (secondary N) is 1. The summed E-state index contributed by atoms with van der Waals surface area (Å²) in [5.41, 5.74) is 9.07. The molecule has 1 saturated heterocycles. The lowest BCUT2D eigenvalue weighted by molar-refractivity contribution is 0.221. The number of nitrogen functional groups attached to an aromatic ring is 1. The summed E-state index contributed by atoms with van der Waals surface area (Å²) < 4.78 is 0. The molecule has 0 spiro atoms. The molecule has 1 heterocycles. The van der Waals surface area contributed by atoms with Crippen LogP contribution in [-0.2, 0) is 6.54 Å². The normalized spacial score (nSPS) is 17.3. The van der Waals surface area contributed by atoms with E-state index in [0.717, 1.165) is 17.9 Å². The number of likely N-dealkylation sites (tertiary alicyclic amines) is 1. The van der Waals surface area contributed by atoms with E-state index >= 15 is 0 Å². The third-order valence-electron chi connectivity index (χ3n) is 3.24. The van der Waals surface area contributed by atoms with Crippen molar-refractivity contribution in [2.45, 2.75) is 25.8 Å². The van der Waals surface area contributed by atoms with Crippen molar-refractivity contribution in [3.05, 3.63) is 23.8 Å². The van der Waals surface area contributed by atoms with Crippen molar-refractivity contribution in [1.29, 1.82) is 0 Å². The standard InChI is InChI=1S/C13H21N3/c1-15-13-9-11(5-6-12(13)14)10-16-7-3-2-4-8-16/h5-6,9,15H,2-4,7-8,10,14H2,1H3. The van der Waals surface area contributed by atoms with Crippen molar-refractivity contribution in [3.63, 3.8) is 0 Å². The van der Waals surface area contributed by atoms with Gasteiger partial charge in [0.05, 0.1) is 11.4 Å². The average Bonchev–Trinajstić information content (AvgIpc) is 2.33. The second-order valence-corrected chi connectivity index (χ2v) is 4.51. The third-order valence-corrected chi connectivity index (χ3v) is 3.24. The van der Waals surface area contributed by atoms with Crippen LogP contribution in [0.1, 0.15) is 24.8 Å². The molecule has 0 aromatic heterocycles. The molecule has 0 unspecified atom stereocenters. The molecule has 3 heteroatoms. The molecule has 0 saturated carbocycles. The molecule has 16 heavy (non-hydrogen) atoms. The molecule has 0 atom stereocenters. The van der Waals surface area contributed by atoms with E-state index in [1.54, 1.807) is 0 Å². The molecule has 1 aliphatic heterocycles. The van der Waals surface area contributed by atoms with Crippen LogP contribution in [0.3, 0.4) is 0 Å². The summed E-state index contributed by atoms with van der Waals surface area (Å²) in [4.78, 5) is 2.52. The van der Waals surface area contributed by atoms with Crippen molar-refractivity contribution < 1.29 is 0 Å². The molecule has 0 aliphatic carbocycles. The number of rotatable bonds is 3. The largest absolute Gasteiger partial charge is 0.397 e. The van der Waals surface area contributed by atoms with Crippen molar-refractivity contribution in [3.8, 4) is 0 Å². The van der Waals surface area contributed by atoms with Crippen LogP contribution < -0.4 is 11.1 Å². The molecule has 3 nitrogen and oxygen atoms in total. The van der Waals surface area contributed by atoms with Gasteiger partial charge in [0.1, 0.15) is 0 Å². The van der Waals surface area contributed by atoms with Gasteiger partial charge in [0.15, 0.2) is 0 Å². The number of nitrogens with zero attached hydrogens (tertiary/aromatic N) is 1. The van der Waals surface area contributed by atoms with Crippen molar-refractivity contribution in [1.82, 2.24) is 4.90 Å². The second-order valence-electron chi connectivity index (χ2n) is 4.51. The van der Waals surface area contributed by atoms with Crippen LogP contribution in [-0.4, -0.2) is 25.0 Å². The minimum Gasteiger partial charge on any atom is -0.397 e. The van der Waals surface area contributed by atoms with Gasteiger partial charge in [0, 0.05) is 13.6 Å². The quantitative estimate of drug-likeness (QED) is 0.766. The number of benzene rings is 1. The number of anilines is 2. The van der Waals surface area contributed by atoms with Gasteiger partial charge in [-0.15, -0.1) is 0 Å². The predicted octanol–water partition coefficient (Wildman–Crippen LogP) is 2.30. The van der Waals surface area contributed by atoms with Gasteiger partial charge < -0.3 is 11.1 Å². The smallest absolute Gasteiger partial charge is 0.0574 e. The fourth-order valence-electron chi connectivity index (χ4n) is 2.29. The molecule has 3 N–H and O–H groups in total. The van der Waals surface area contributed by atoms with Gasteiger partial charge in [0.2, 0.25) is 0 Å². The third kappa shape index (κ3) is 2.67. The first-order valence-corrected chi connectivity index (χ1v) is 6.08. The van der Waals surface area contributed by atoms with Crippen LogP contribution in [0.25, 0.3) is 0 Å². The van der Waals surface area contributed by atoms with E-state index in [4.69, 9.17) is 5.73 Å². The number of hydrogen-bond donors (Lipinski definition) is 2. The predicted molar refractivity (Wildman–Crippen MR) is 69.5 cm³/mol. The Morgan fingerprint density at radius 2 is 2.00 bits per heavy atom. The fourth-order valence-corrected chi connectivity index (χ4v) is 2.29. The molecule has 2 rings (SSSR count). The summed E-state index contributed by atoms with van der Waals surface area (Å²) in [6.45, 7) is 3.52. The van der Waals surface area contributed by atoms with Crippen LogP contribution in [0.5, 0.6) is 0 Å². The van der Waals surface area contributed by atoms with Crippen LogP contribution >= 0.6 is 0 Å². The minimum absolute atomic E-state index is 0.824. The Morgan fingerprint density at radius 3 is 2.69 bits per heavy atom. The molecule has 0 radical (unpaired) electrons. The Morgan fingerprint density at radius 1 is 1.25 bits per heavy atom. The molecular formula is C13H21N3. The Kier molecular flexibility index (Phi) is 3.67. The van der Waals surface area contributed by atoms with E-state index < -0.39 is 0 Å². The summed E-state index contributed by atoms with van der Waals surface area (Å²) in [7, 11) is 1.91. The van der Waals surface area contributed by atoms with E-state index in [-0.39, 0.29) is 0 Å². The fraction of sp³-hybridized carbons (Fsp3) is 0.538. The first-order valence-electron chi connectivity index (χ1n) is 6.08. The highest BCUT2D eigenvalue weighted by atomic mass is 15.1. The lowest BCUT2D eigenvalue weighted by Crippen LogP contribution is -2.29. The van der Waals surface area contributed by atoms with Gasteiger partial charge in [-0.2, -0.15) is 0 Å². The lowest BCUT2D eigenvalue weighted by Gasteiger charge is -2.26. The molecular weight excluding hydrogens is 198 g/mol. The second kappa shape index (κ2) is 5.21. The molecule has 0 bridgehead atoms. The van der Waals surface area contributed by atoms with Crippen LogP contribution in [0, 0.1) is 0 Å². The van der Waals surface area contributed by atoms with Crippen molar-refractivity contribution in [2.75, 3.05) is 31.2 Å². The van der Waals surface area contributed by atoms with E-state index in [9.17, 15) is 0 Å². The maximum atomic E-state index is 5.86. The maximum absolute atomic E-state index is 5.86. The molecule has 0 amide bonds. The monoisotopic (exact) mass is 219 g/mol. The maximum Gasteiger partial charge on any atom is 0.0574 e. The summed E-state index contributed by atoms with van der Waals surface area (Å²) in [5, 5.41) is 3.13. The minimum atomic E-state index is 0.824. The molecule has 88 valence electrons.